The van der Waals surface area contributed by atoms with Gasteiger partial charge < -0.3 is 19.9 Å². The molecule has 11 heteroatoms. The molecule has 0 radical (unpaired) electrons. The molecule has 2 aliphatic rings. The van der Waals surface area contributed by atoms with Gasteiger partial charge in [-0.25, -0.2) is 14.5 Å². The average molecular weight is 531 g/mol. The van der Waals surface area contributed by atoms with Crippen molar-refractivity contribution in [2.75, 3.05) is 32.2 Å². The van der Waals surface area contributed by atoms with E-state index in [1.54, 1.807) is 28.7 Å². The Morgan fingerprint density at radius 1 is 1.15 bits per heavy atom. The molecular weight excluding hydrogens is 500 g/mol. The summed E-state index contributed by atoms with van der Waals surface area (Å²) in [4.78, 5) is 30.4. The summed E-state index contributed by atoms with van der Waals surface area (Å²) in [6, 6.07) is 9.84. The number of carboxylic acids is 1. The molecule has 4 aromatic rings. The maximum atomic E-state index is 13.2. The van der Waals surface area contributed by atoms with Crippen LogP contribution in [0.2, 0.25) is 0 Å². The Morgan fingerprint density at radius 3 is 2.69 bits per heavy atom. The van der Waals surface area contributed by atoms with E-state index in [-0.39, 0.29) is 18.3 Å². The summed E-state index contributed by atoms with van der Waals surface area (Å²) in [7, 11) is 1.56. The highest BCUT2D eigenvalue weighted by Gasteiger charge is 2.44. The molecule has 1 aliphatic heterocycles. The third-order valence-corrected chi connectivity index (χ3v) is 7.75. The number of aromatic nitrogens is 5. The van der Waals surface area contributed by atoms with E-state index in [9.17, 15) is 14.7 Å². The van der Waals surface area contributed by atoms with Crippen molar-refractivity contribution in [1.29, 1.82) is 0 Å². The van der Waals surface area contributed by atoms with Gasteiger partial charge in [0.15, 0.2) is 17.0 Å². The predicted molar refractivity (Wildman–Crippen MR) is 142 cm³/mol. The van der Waals surface area contributed by atoms with Crippen LogP contribution in [-0.2, 0) is 14.3 Å². The number of anilines is 1. The Hall–Kier alpha value is -4.09. The number of carbonyl (C=O) groups is 2. The van der Waals surface area contributed by atoms with Crippen molar-refractivity contribution in [3.8, 4) is 16.8 Å². The molecule has 0 atom stereocenters. The van der Waals surface area contributed by atoms with Gasteiger partial charge in [-0.1, -0.05) is 18.2 Å². The Labute approximate surface area is 224 Å². The van der Waals surface area contributed by atoms with Gasteiger partial charge >= 0.3 is 5.97 Å². The zero-order valence-corrected chi connectivity index (χ0v) is 21.7. The number of Topliss-reactive ketones (excluding diaryl/α,β-unsaturated/α-hetero) is 1. The monoisotopic (exact) mass is 530 g/mol. The minimum atomic E-state index is -1.25. The molecule has 3 aromatic heterocycles. The summed E-state index contributed by atoms with van der Waals surface area (Å²) in [5.41, 5.74) is 3.23. The summed E-state index contributed by atoms with van der Waals surface area (Å²) >= 11 is 0. The van der Waals surface area contributed by atoms with Crippen molar-refractivity contribution in [1.82, 2.24) is 24.4 Å². The largest absolute Gasteiger partial charge is 0.479 e. The fourth-order valence-electron chi connectivity index (χ4n) is 5.65. The topological polar surface area (TPSA) is 133 Å². The smallest absolute Gasteiger partial charge is 0.335 e. The minimum absolute atomic E-state index is 0.0218. The first kappa shape index (κ1) is 25.2. The molecule has 0 saturated heterocycles. The molecule has 0 amide bonds. The van der Waals surface area contributed by atoms with Crippen molar-refractivity contribution >= 4 is 23.2 Å². The number of fused-ring (bicyclic) bond motifs is 3. The highest BCUT2D eigenvalue weighted by molar-refractivity contribution is 6.04. The van der Waals surface area contributed by atoms with Gasteiger partial charge in [0.1, 0.15) is 5.82 Å². The summed E-state index contributed by atoms with van der Waals surface area (Å²) in [5, 5.41) is 22.5. The molecule has 1 fully saturated rings. The second kappa shape index (κ2) is 10.2. The van der Waals surface area contributed by atoms with Crippen LogP contribution in [0.25, 0.3) is 22.5 Å². The quantitative estimate of drug-likeness (QED) is 0.327. The molecule has 1 saturated carbocycles. The zero-order chi connectivity index (χ0) is 27.0. The number of rotatable bonds is 8. The van der Waals surface area contributed by atoms with Gasteiger partial charge in [0.2, 0.25) is 0 Å². The number of benzene rings is 1. The lowest BCUT2D eigenvalue weighted by atomic mass is 9.76. The van der Waals surface area contributed by atoms with E-state index in [2.05, 4.69) is 15.5 Å². The van der Waals surface area contributed by atoms with Crippen LogP contribution in [0.4, 0.5) is 5.82 Å². The van der Waals surface area contributed by atoms with Crippen LogP contribution in [0.3, 0.4) is 0 Å². The van der Waals surface area contributed by atoms with E-state index in [0.717, 1.165) is 16.8 Å². The zero-order valence-electron chi connectivity index (χ0n) is 21.7. The number of methoxy groups -OCH3 is 1. The summed E-state index contributed by atoms with van der Waals surface area (Å²) in [5.74, 6) is -0.387. The van der Waals surface area contributed by atoms with Crippen molar-refractivity contribution in [3.05, 3.63) is 60.2 Å². The number of carboxylic acid groups (broad SMARTS) is 1. The number of ether oxygens (including phenoxy) is 2. The van der Waals surface area contributed by atoms with Crippen LogP contribution in [-0.4, -0.2) is 73.7 Å². The van der Waals surface area contributed by atoms with E-state index in [4.69, 9.17) is 14.5 Å². The number of nitrogens with zero attached hydrogens (tertiary/aromatic N) is 5. The maximum Gasteiger partial charge on any atom is 0.335 e. The van der Waals surface area contributed by atoms with Crippen molar-refractivity contribution in [2.45, 2.75) is 43.6 Å². The van der Waals surface area contributed by atoms with Crippen molar-refractivity contribution < 1.29 is 24.2 Å². The van der Waals surface area contributed by atoms with Crippen LogP contribution in [0.1, 0.15) is 54.1 Å². The lowest BCUT2D eigenvalue weighted by Gasteiger charge is -2.37. The second-order valence-corrected chi connectivity index (χ2v) is 10.0. The highest BCUT2D eigenvalue weighted by Crippen LogP contribution is 2.43. The summed E-state index contributed by atoms with van der Waals surface area (Å²) in [6.07, 6.45) is 7.57. The van der Waals surface area contributed by atoms with E-state index < -0.39 is 11.6 Å². The number of hydrogen-bond acceptors (Lipinski definition) is 8. The van der Waals surface area contributed by atoms with E-state index in [0.29, 0.717) is 68.0 Å². The van der Waals surface area contributed by atoms with Crippen LogP contribution in [0.5, 0.6) is 0 Å². The van der Waals surface area contributed by atoms with Gasteiger partial charge in [-0.15, -0.1) is 0 Å². The van der Waals surface area contributed by atoms with E-state index in [1.807, 2.05) is 36.5 Å². The summed E-state index contributed by atoms with van der Waals surface area (Å²) < 4.78 is 14.4. The van der Waals surface area contributed by atoms with Crippen LogP contribution < -0.4 is 5.32 Å². The van der Waals surface area contributed by atoms with Gasteiger partial charge in [0.25, 0.3) is 0 Å². The first-order chi connectivity index (χ1) is 19.0. The molecule has 0 bridgehead atoms. The standard InChI is InChI=1S/C28H30N6O5/c1-38-13-14-39-28(27(36)37)10-7-18(8-11-28)24-23-22(35)9-12-29-26(23)34-25(32-24)21(16-31-34)19-15-30-33(17-19)20-5-3-2-4-6-20/h2-6,15-18,29H,7-14H2,1H3,(H,36,37)/t18-,28+. The fourth-order valence-corrected chi connectivity index (χ4v) is 5.65. The Kier molecular flexibility index (Phi) is 6.61. The minimum Gasteiger partial charge on any atom is -0.479 e. The third-order valence-electron chi connectivity index (χ3n) is 7.75. The Bertz CT molecular complexity index is 1520. The molecular formula is C28H30N6O5. The number of nitrogens with one attached hydrogen (secondary N) is 1. The van der Waals surface area contributed by atoms with Gasteiger partial charge in [0, 0.05) is 43.3 Å². The predicted octanol–water partition coefficient (Wildman–Crippen LogP) is 3.72. The summed E-state index contributed by atoms with van der Waals surface area (Å²) in [6.45, 7) is 1.06. The van der Waals surface area contributed by atoms with Crippen LogP contribution in [0, 0.1) is 0 Å². The van der Waals surface area contributed by atoms with Gasteiger partial charge in [0.05, 0.1) is 42.6 Å². The lowest BCUT2D eigenvalue weighted by molar-refractivity contribution is -0.173. The molecule has 6 rings (SSSR count). The number of carbonyl (C=O) groups excluding carboxylic acids is 1. The second-order valence-electron chi connectivity index (χ2n) is 10.0. The molecule has 1 aromatic carbocycles. The lowest BCUT2D eigenvalue weighted by Crippen LogP contribution is -2.45. The van der Waals surface area contributed by atoms with E-state index in [1.165, 1.54) is 0 Å². The molecule has 1 aliphatic carbocycles. The normalized spacial score (nSPS) is 21.1. The van der Waals surface area contributed by atoms with Crippen LogP contribution >= 0.6 is 0 Å². The molecule has 4 heterocycles. The Balaban J connectivity index is 1.38. The molecule has 11 nitrogen and oxygen atoms in total. The first-order valence-corrected chi connectivity index (χ1v) is 13.2. The number of para-hydroxylation sites is 1. The fraction of sp³-hybridized carbons (Fsp3) is 0.393. The molecule has 0 spiro atoms. The molecule has 2 N–H and O–H groups in total. The number of ketones is 1. The Morgan fingerprint density at radius 2 is 1.95 bits per heavy atom. The number of aliphatic carboxylic acids is 1. The van der Waals surface area contributed by atoms with Crippen molar-refractivity contribution in [2.24, 2.45) is 0 Å². The van der Waals surface area contributed by atoms with Gasteiger partial charge in [-0.3, -0.25) is 4.79 Å². The van der Waals surface area contributed by atoms with E-state index >= 15 is 0 Å². The van der Waals surface area contributed by atoms with Gasteiger partial charge in [-0.05, 0) is 37.8 Å². The average Bonchev–Trinajstić information content (AvgIpc) is 3.61. The van der Waals surface area contributed by atoms with Crippen LogP contribution in [0.15, 0.2) is 48.9 Å². The SMILES string of the molecule is COCCO[C@]1(C(=O)O)CC[C@H](c2nc3c(-c4cnn(-c5ccccc5)c4)cnn3c3c2C(=O)CCN3)CC1. The maximum absolute atomic E-state index is 13.2. The van der Waals surface area contributed by atoms with Gasteiger partial charge in [-0.2, -0.15) is 14.7 Å². The first-order valence-electron chi connectivity index (χ1n) is 13.2. The number of hydrogen-bond donors (Lipinski definition) is 2. The molecule has 0 unspecified atom stereocenters. The van der Waals surface area contributed by atoms with Crippen molar-refractivity contribution in [3.63, 3.8) is 0 Å². The molecule has 202 valence electrons. The third kappa shape index (κ3) is 4.47. The molecule has 39 heavy (non-hydrogen) atoms. The highest BCUT2D eigenvalue weighted by atomic mass is 16.5.